The summed E-state index contributed by atoms with van der Waals surface area (Å²) in [6.45, 7) is 2.06. The van der Waals surface area contributed by atoms with Crippen LogP contribution in [0.15, 0.2) is 0 Å². The van der Waals surface area contributed by atoms with Gasteiger partial charge in [-0.1, -0.05) is 26.2 Å². The third kappa shape index (κ3) is 6.28. The van der Waals surface area contributed by atoms with Gasteiger partial charge in [-0.25, -0.2) is 0 Å². The van der Waals surface area contributed by atoms with Crippen molar-refractivity contribution >= 4 is 10.1 Å². The Labute approximate surface area is 67.8 Å². The van der Waals surface area contributed by atoms with Gasteiger partial charge in [0.1, 0.15) is 0 Å². The van der Waals surface area contributed by atoms with Crippen LogP contribution in [-0.2, 0) is 14.4 Å². The fraction of sp³-hybridized carbons (Fsp3) is 1.00. The summed E-state index contributed by atoms with van der Waals surface area (Å²) in [5.74, 6) is 4.56. The molecule has 2 N–H and O–H groups in total. The largest absolute Gasteiger partial charge is 0.283 e. The highest BCUT2D eigenvalue weighted by molar-refractivity contribution is 7.86. The minimum Gasteiger partial charge on any atom is -0.198 e. The Kier molecular flexibility index (Phi) is 5.45. The van der Waals surface area contributed by atoms with Gasteiger partial charge in [0.05, 0.1) is 5.75 Å². The first kappa shape index (κ1) is 10.9. The molecule has 5 heteroatoms. The highest BCUT2D eigenvalue weighted by atomic mass is 32.2. The van der Waals surface area contributed by atoms with Gasteiger partial charge in [0, 0.05) is 0 Å². The summed E-state index contributed by atoms with van der Waals surface area (Å²) in [4.78, 5) is 0. The summed E-state index contributed by atoms with van der Waals surface area (Å²) >= 11 is 0. The van der Waals surface area contributed by atoms with Crippen LogP contribution in [0.25, 0.3) is 0 Å². The molecule has 0 aliphatic heterocycles. The Balaban J connectivity index is 3.39. The highest BCUT2D eigenvalue weighted by Gasteiger charge is 2.07. The fourth-order valence-corrected chi connectivity index (χ4v) is 1.41. The Morgan fingerprint density at radius 2 is 1.91 bits per heavy atom. The van der Waals surface area contributed by atoms with Crippen LogP contribution in [0, 0.1) is 0 Å². The van der Waals surface area contributed by atoms with E-state index in [9.17, 15) is 8.42 Å². The first-order chi connectivity index (χ1) is 5.12. The third-order valence-corrected chi connectivity index (χ3v) is 2.48. The number of nitrogens with two attached hydrogens (primary N) is 1. The Morgan fingerprint density at radius 1 is 1.27 bits per heavy atom. The molecule has 0 amide bonds. The molecule has 11 heavy (non-hydrogen) atoms. The fourth-order valence-electron chi connectivity index (χ4n) is 0.754. The lowest BCUT2D eigenvalue weighted by Gasteiger charge is -1.98. The van der Waals surface area contributed by atoms with Crippen molar-refractivity contribution in [2.24, 2.45) is 5.90 Å². The standard InChI is InChI=1S/C6H15NO3S/c1-2-3-4-5-6-11(8,9)10-7/h2-7H2,1H3. The number of hydrogen-bond donors (Lipinski definition) is 1. The summed E-state index contributed by atoms with van der Waals surface area (Å²) in [6, 6.07) is 0. The first-order valence-corrected chi connectivity index (χ1v) is 5.31. The maximum atomic E-state index is 10.6. The van der Waals surface area contributed by atoms with Crippen molar-refractivity contribution in [2.75, 3.05) is 5.75 Å². The maximum Gasteiger partial charge on any atom is 0.283 e. The minimum absolute atomic E-state index is 0.0312. The van der Waals surface area contributed by atoms with Crippen molar-refractivity contribution < 1.29 is 12.7 Å². The molecule has 0 atom stereocenters. The monoisotopic (exact) mass is 181 g/mol. The molecule has 0 aromatic heterocycles. The van der Waals surface area contributed by atoms with Crippen LogP contribution in [0.1, 0.15) is 32.6 Å². The number of hydrogen-bond acceptors (Lipinski definition) is 4. The molecular weight excluding hydrogens is 166 g/mol. The zero-order valence-corrected chi connectivity index (χ0v) is 7.56. The molecule has 0 unspecified atom stereocenters. The van der Waals surface area contributed by atoms with E-state index in [1.54, 1.807) is 0 Å². The van der Waals surface area contributed by atoms with Crippen LogP contribution >= 0.6 is 0 Å². The summed E-state index contributed by atoms with van der Waals surface area (Å²) in [6.07, 6.45) is 3.69. The molecule has 0 spiro atoms. The highest BCUT2D eigenvalue weighted by Crippen LogP contribution is 2.01. The van der Waals surface area contributed by atoms with E-state index in [0.717, 1.165) is 19.3 Å². The number of rotatable bonds is 6. The summed E-state index contributed by atoms with van der Waals surface area (Å²) < 4.78 is 25.0. The maximum absolute atomic E-state index is 10.6. The van der Waals surface area contributed by atoms with E-state index in [1.165, 1.54) is 0 Å². The predicted molar refractivity (Wildman–Crippen MR) is 43.2 cm³/mol. The topological polar surface area (TPSA) is 69.4 Å². The average molecular weight is 181 g/mol. The molecule has 0 fully saturated rings. The molecule has 68 valence electrons. The van der Waals surface area contributed by atoms with Gasteiger partial charge >= 0.3 is 0 Å². The van der Waals surface area contributed by atoms with Crippen molar-refractivity contribution in [2.45, 2.75) is 32.6 Å². The smallest absolute Gasteiger partial charge is 0.198 e. The van der Waals surface area contributed by atoms with Gasteiger partial charge in [-0.15, -0.1) is 0 Å². The van der Waals surface area contributed by atoms with Gasteiger partial charge in [0.25, 0.3) is 10.1 Å². The third-order valence-electron chi connectivity index (χ3n) is 1.39. The van der Waals surface area contributed by atoms with Gasteiger partial charge in [-0.3, -0.25) is 0 Å². The van der Waals surface area contributed by atoms with Crippen LogP contribution in [-0.4, -0.2) is 14.2 Å². The van der Waals surface area contributed by atoms with E-state index in [1.807, 2.05) is 0 Å². The molecule has 0 rings (SSSR count). The lowest BCUT2D eigenvalue weighted by atomic mass is 10.2. The van der Waals surface area contributed by atoms with Crippen LogP contribution < -0.4 is 5.90 Å². The zero-order chi connectivity index (χ0) is 8.74. The van der Waals surface area contributed by atoms with Crippen LogP contribution in [0.4, 0.5) is 0 Å². The second-order valence-corrected chi connectivity index (χ2v) is 4.13. The minimum atomic E-state index is -3.42. The molecule has 0 aromatic carbocycles. The Hall–Kier alpha value is -0.130. The van der Waals surface area contributed by atoms with Crippen LogP contribution in [0.2, 0.25) is 0 Å². The van der Waals surface area contributed by atoms with Gasteiger partial charge < -0.3 is 0 Å². The van der Waals surface area contributed by atoms with E-state index in [0.29, 0.717) is 6.42 Å². The summed E-state index contributed by atoms with van der Waals surface area (Å²) in [7, 11) is -3.42. The summed E-state index contributed by atoms with van der Waals surface area (Å²) in [5.41, 5.74) is 0. The van der Waals surface area contributed by atoms with Gasteiger partial charge in [-0.05, 0) is 6.42 Å². The summed E-state index contributed by atoms with van der Waals surface area (Å²) in [5, 5.41) is 0. The second kappa shape index (κ2) is 5.51. The van der Waals surface area contributed by atoms with E-state index >= 15 is 0 Å². The van der Waals surface area contributed by atoms with Crippen molar-refractivity contribution in [3.8, 4) is 0 Å². The molecular formula is C6H15NO3S. The molecule has 0 heterocycles. The van der Waals surface area contributed by atoms with E-state index in [2.05, 4.69) is 17.1 Å². The lowest BCUT2D eigenvalue weighted by molar-refractivity contribution is 0.332. The van der Waals surface area contributed by atoms with E-state index in [4.69, 9.17) is 0 Å². The second-order valence-electron chi connectivity index (χ2n) is 2.42. The SMILES string of the molecule is CCCCCCS(=O)(=O)ON. The van der Waals surface area contributed by atoms with Gasteiger partial charge in [-0.2, -0.15) is 18.6 Å². The quantitative estimate of drug-likeness (QED) is 0.486. The molecule has 4 nitrogen and oxygen atoms in total. The van der Waals surface area contributed by atoms with Gasteiger partial charge in [0.2, 0.25) is 0 Å². The molecule has 0 aromatic rings. The normalized spacial score (nSPS) is 11.8. The predicted octanol–water partition coefficient (Wildman–Crippen LogP) is 0.787. The van der Waals surface area contributed by atoms with Crippen molar-refractivity contribution in [1.82, 2.24) is 0 Å². The van der Waals surface area contributed by atoms with Crippen molar-refractivity contribution in [1.29, 1.82) is 0 Å². The Bertz CT molecular complexity index is 176. The molecule has 0 aliphatic carbocycles. The first-order valence-electron chi connectivity index (χ1n) is 3.73. The number of unbranched alkanes of at least 4 members (excludes halogenated alkanes) is 3. The molecule has 0 saturated carbocycles. The van der Waals surface area contributed by atoms with Gasteiger partial charge in [0.15, 0.2) is 0 Å². The molecule has 0 aliphatic rings. The average Bonchev–Trinajstić information content (AvgIpc) is 1.99. The molecule has 0 saturated heterocycles. The van der Waals surface area contributed by atoms with Crippen LogP contribution in [0.3, 0.4) is 0 Å². The molecule has 0 bridgehead atoms. The van der Waals surface area contributed by atoms with E-state index < -0.39 is 10.1 Å². The lowest BCUT2D eigenvalue weighted by Crippen LogP contribution is -2.14. The van der Waals surface area contributed by atoms with E-state index in [-0.39, 0.29) is 5.75 Å². The zero-order valence-electron chi connectivity index (χ0n) is 6.75. The Morgan fingerprint density at radius 3 is 2.36 bits per heavy atom. The molecule has 0 radical (unpaired) electrons. The van der Waals surface area contributed by atoms with Crippen LogP contribution in [0.5, 0.6) is 0 Å². The van der Waals surface area contributed by atoms with Crippen molar-refractivity contribution in [3.05, 3.63) is 0 Å². The van der Waals surface area contributed by atoms with Crippen molar-refractivity contribution in [3.63, 3.8) is 0 Å².